The van der Waals surface area contributed by atoms with E-state index in [9.17, 15) is 15.0 Å². The van der Waals surface area contributed by atoms with Gasteiger partial charge in [0.05, 0.1) is 29.1 Å². The van der Waals surface area contributed by atoms with Crippen LogP contribution in [0.15, 0.2) is 0 Å². The maximum Gasteiger partial charge on any atom is 0.206 e. The van der Waals surface area contributed by atoms with Gasteiger partial charge < -0.3 is 24.5 Å². The van der Waals surface area contributed by atoms with E-state index < -0.39 is 33.7 Å². The number of fused-ring (bicyclic) bond motifs is 4. The van der Waals surface area contributed by atoms with E-state index in [1.54, 1.807) is 6.92 Å². The second kappa shape index (κ2) is 2.77. The third-order valence-corrected chi connectivity index (χ3v) is 7.15. The lowest BCUT2D eigenvalue weighted by Crippen LogP contribution is -2.83. The summed E-state index contributed by atoms with van der Waals surface area (Å²) >= 11 is 0. The third-order valence-electron chi connectivity index (χ3n) is 7.15. The smallest absolute Gasteiger partial charge is 0.206 e. The van der Waals surface area contributed by atoms with E-state index in [0.29, 0.717) is 6.42 Å². The van der Waals surface area contributed by atoms with Crippen molar-refractivity contribution in [2.75, 3.05) is 6.61 Å². The molecule has 106 valence electrons. The van der Waals surface area contributed by atoms with Gasteiger partial charge in [-0.1, -0.05) is 13.8 Å². The Labute approximate surface area is 111 Å². The van der Waals surface area contributed by atoms with Crippen molar-refractivity contribution in [2.45, 2.75) is 57.2 Å². The predicted molar refractivity (Wildman–Crippen MR) is 64.1 cm³/mol. The molecule has 0 amide bonds. The van der Waals surface area contributed by atoms with E-state index in [2.05, 4.69) is 0 Å². The third kappa shape index (κ3) is 0.780. The van der Waals surface area contributed by atoms with Crippen molar-refractivity contribution in [3.05, 3.63) is 0 Å². The van der Waals surface area contributed by atoms with Crippen LogP contribution >= 0.6 is 0 Å². The van der Waals surface area contributed by atoms with E-state index in [1.165, 1.54) is 0 Å². The molecule has 4 rings (SSSR count). The van der Waals surface area contributed by atoms with Gasteiger partial charge in [-0.15, -0.1) is 0 Å². The average molecular weight is 268 g/mol. The van der Waals surface area contributed by atoms with Gasteiger partial charge in [-0.3, -0.25) is 0 Å². The summed E-state index contributed by atoms with van der Waals surface area (Å²) in [5, 5.41) is 22.3. The quantitative estimate of drug-likeness (QED) is 0.666. The van der Waals surface area contributed by atoms with E-state index in [4.69, 9.17) is 9.47 Å². The first-order valence-electron chi connectivity index (χ1n) is 6.92. The van der Waals surface area contributed by atoms with Crippen LogP contribution < -0.4 is 0 Å². The highest BCUT2D eigenvalue weighted by molar-refractivity contribution is 5.66. The van der Waals surface area contributed by atoms with E-state index in [1.807, 2.05) is 13.8 Å². The average Bonchev–Trinajstić information content (AvgIpc) is 2.69. The standard InChI is InChI=1S/C14H20O5/c1-10(6-15)11(2)7-18-14(10,17)9-12(3)8(19-9)4-5-13(11,12)16/h6,8-9,16-17H,4-5,7H2,1-3H3. The molecule has 4 aliphatic rings. The largest absolute Gasteiger partial charge is 0.388 e. The monoisotopic (exact) mass is 268 g/mol. The molecule has 0 aromatic heterocycles. The van der Waals surface area contributed by atoms with Crippen molar-refractivity contribution in [2.24, 2.45) is 16.2 Å². The molecule has 2 saturated heterocycles. The second-order valence-electron chi connectivity index (χ2n) is 7.32. The molecule has 7 atom stereocenters. The number of hydrogen-bond donors (Lipinski definition) is 2. The molecule has 0 aromatic carbocycles. The molecule has 2 heterocycles. The summed E-state index contributed by atoms with van der Waals surface area (Å²) in [5.41, 5.74) is -3.52. The van der Waals surface area contributed by atoms with Crippen molar-refractivity contribution in [3.63, 3.8) is 0 Å². The Hall–Kier alpha value is -0.490. The van der Waals surface area contributed by atoms with Crippen LogP contribution in [0, 0.1) is 16.2 Å². The Balaban J connectivity index is 2.02. The highest BCUT2D eigenvalue weighted by atomic mass is 16.7. The van der Waals surface area contributed by atoms with E-state index in [0.717, 1.165) is 12.7 Å². The minimum atomic E-state index is -1.63. The zero-order valence-corrected chi connectivity index (χ0v) is 11.5. The zero-order valence-electron chi connectivity index (χ0n) is 11.5. The van der Waals surface area contributed by atoms with Crippen LogP contribution in [0.25, 0.3) is 0 Å². The molecular weight excluding hydrogens is 248 g/mol. The summed E-state index contributed by atoms with van der Waals surface area (Å²) in [6.07, 6.45) is 1.41. The van der Waals surface area contributed by atoms with Crippen LogP contribution in [0.4, 0.5) is 0 Å². The summed E-state index contributed by atoms with van der Waals surface area (Å²) in [5.74, 6) is -1.63. The lowest BCUT2D eigenvalue weighted by molar-refractivity contribution is -0.420. The second-order valence-corrected chi connectivity index (χ2v) is 7.32. The molecule has 5 heteroatoms. The predicted octanol–water partition coefficient (Wildman–Crippen LogP) is 0.229. The van der Waals surface area contributed by atoms with E-state index in [-0.39, 0.29) is 12.7 Å². The Kier molecular flexibility index (Phi) is 1.79. The zero-order chi connectivity index (χ0) is 13.9. The summed E-state index contributed by atoms with van der Waals surface area (Å²) in [4.78, 5) is 11.7. The van der Waals surface area contributed by atoms with Crippen molar-refractivity contribution in [1.29, 1.82) is 0 Å². The SMILES string of the molecule is CC12C3CCC1(O)C1(C)COC(O)(C2O3)C1(C)C=O. The minimum Gasteiger partial charge on any atom is -0.388 e. The Morgan fingerprint density at radius 1 is 1.26 bits per heavy atom. The molecule has 19 heavy (non-hydrogen) atoms. The fourth-order valence-electron chi connectivity index (χ4n) is 5.43. The van der Waals surface area contributed by atoms with Crippen LogP contribution in [-0.4, -0.2) is 46.7 Å². The van der Waals surface area contributed by atoms with Gasteiger partial charge in [0.1, 0.15) is 12.4 Å². The first-order valence-corrected chi connectivity index (χ1v) is 6.92. The number of carbonyl (C=O) groups is 1. The van der Waals surface area contributed by atoms with Gasteiger partial charge in [0, 0.05) is 5.41 Å². The lowest BCUT2D eigenvalue weighted by Gasteiger charge is -2.69. The van der Waals surface area contributed by atoms with Gasteiger partial charge in [-0.2, -0.15) is 0 Å². The normalized spacial score (nSPS) is 69.5. The molecule has 0 aromatic rings. The highest BCUT2D eigenvalue weighted by Crippen LogP contribution is 2.77. The Morgan fingerprint density at radius 2 is 1.95 bits per heavy atom. The molecule has 0 spiro atoms. The van der Waals surface area contributed by atoms with Crippen LogP contribution in [0.5, 0.6) is 0 Å². The molecule has 4 fully saturated rings. The number of rotatable bonds is 1. The fraction of sp³-hybridized carbons (Fsp3) is 0.929. The summed E-state index contributed by atoms with van der Waals surface area (Å²) in [7, 11) is 0. The molecule has 5 nitrogen and oxygen atoms in total. The van der Waals surface area contributed by atoms with Crippen molar-refractivity contribution < 1.29 is 24.5 Å². The van der Waals surface area contributed by atoms with Gasteiger partial charge in [0.25, 0.3) is 0 Å². The first-order chi connectivity index (χ1) is 8.71. The van der Waals surface area contributed by atoms with Crippen LogP contribution in [0.3, 0.4) is 0 Å². The molecule has 0 radical (unpaired) electrons. The summed E-state index contributed by atoms with van der Waals surface area (Å²) in [6, 6.07) is 0. The molecule has 2 saturated carbocycles. The lowest BCUT2D eigenvalue weighted by atomic mass is 9.41. The van der Waals surface area contributed by atoms with Crippen LogP contribution in [0.1, 0.15) is 33.6 Å². The molecule has 2 aliphatic carbocycles. The fourth-order valence-corrected chi connectivity index (χ4v) is 5.43. The van der Waals surface area contributed by atoms with Crippen molar-refractivity contribution in [1.82, 2.24) is 0 Å². The topological polar surface area (TPSA) is 76.0 Å². The van der Waals surface area contributed by atoms with Crippen LogP contribution in [0.2, 0.25) is 0 Å². The summed E-state index contributed by atoms with van der Waals surface area (Å²) in [6.45, 7) is 5.68. The van der Waals surface area contributed by atoms with Gasteiger partial charge in [0.15, 0.2) is 0 Å². The molecule has 7 unspecified atom stereocenters. The number of aldehydes is 1. The van der Waals surface area contributed by atoms with Crippen molar-refractivity contribution >= 4 is 6.29 Å². The molecule has 2 aliphatic heterocycles. The first kappa shape index (κ1) is 12.3. The number of carbonyl (C=O) groups excluding carboxylic acids is 1. The van der Waals surface area contributed by atoms with Gasteiger partial charge >= 0.3 is 0 Å². The van der Waals surface area contributed by atoms with Crippen molar-refractivity contribution in [3.8, 4) is 0 Å². The Bertz CT molecular complexity index is 494. The van der Waals surface area contributed by atoms with Gasteiger partial charge in [-0.05, 0) is 19.8 Å². The molecule has 2 N–H and O–H groups in total. The highest BCUT2D eigenvalue weighted by Gasteiger charge is 2.90. The van der Waals surface area contributed by atoms with Crippen LogP contribution in [-0.2, 0) is 14.3 Å². The maximum absolute atomic E-state index is 11.7. The maximum atomic E-state index is 11.7. The number of ether oxygens (including phenoxy) is 2. The Morgan fingerprint density at radius 3 is 2.58 bits per heavy atom. The van der Waals surface area contributed by atoms with E-state index >= 15 is 0 Å². The number of aliphatic hydroxyl groups is 2. The molecule has 2 bridgehead atoms. The van der Waals surface area contributed by atoms with Gasteiger partial charge in [-0.25, -0.2) is 0 Å². The summed E-state index contributed by atoms with van der Waals surface area (Å²) < 4.78 is 11.4. The number of hydrogen-bond acceptors (Lipinski definition) is 5. The van der Waals surface area contributed by atoms with Gasteiger partial charge in [0.2, 0.25) is 5.79 Å². The molecular formula is C14H20O5. The minimum absolute atomic E-state index is 0.0498.